The highest BCUT2D eigenvalue weighted by atomic mass is 15.1. The highest BCUT2D eigenvalue weighted by Crippen LogP contribution is 2.43. The Hall–Kier alpha value is -7.32. The van der Waals surface area contributed by atoms with Gasteiger partial charge in [-0.1, -0.05) is 72.8 Å². The van der Waals surface area contributed by atoms with Crippen LogP contribution < -0.4 is 19.6 Å². The minimum Gasteiger partial charge on any atom is -0.377 e. The fourth-order valence-corrected chi connectivity index (χ4v) is 8.64. The maximum Gasteiger partial charge on any atom is 0.0738 e. The average molecular weight is 787 g/mol. The molecule has 0 saturated carbocycles. The number of fused-ring (bicyclic) bond motifs is 8. The summed E-state index contributed by atoms with van der Waals surface area (Å²) in [5.41, 5.74) is 20.2. The van der Waals surface area contributed by atoms with Gasteiger partial charge >= 0.3 is 0 Å². The van der Waals surface area contributed by atoms with Crippen molar-refractivity contribution in [1.82, 2.24) is 19.9 Å². The van der Waals surface area contributed by atoms with Crippen molar-refractivity contribution < 1.29 is 0 Å². The van der Waals surface area contributed by atoms with Crippen LogP contribution in [0, 0.1) is 0 Å². The van der Waals surface area contributed by atoms with Crippen LogP contribution in [0.4, 0.5) is 22.7 Å². The zero-order chi connectivity index (χ0) is 41.7. The number of benzene rings is 4. The number of nitrogens with zero attached hydrogens (tertiary/aromatic N) is 6. The van der Waals surface area contributed by atoms with E-state index in [9.17, 15) is 0 Å². The van der Waals surface area contributed by atoms with Crippen molar-refractivity contribution in [2.24, 2.45) is 0 Å². The zero-order valence-corrected chi connectivity index (χ0v) is 35.5. The van der Waals surface area contributed by atoms with Gasteiger partial charge in [-0.25, -0.2) is 9.97 Å². The SMILES string of the molecule is CN(C)c1ccccc1-c1c2nc(c(-c3ccccc3N(C)C)c3ccc([nH]3)c(-c3ccccc3N(C)C)c3nc(c(-c4ccccc4N(C)C)c4ccc1[nH]4)C=C3)C=C2. The normalized spacial score (nSPS) is 11.9. The predicted octanol–water partition coefficient (Wildman–Crippen LogP) is 11.6. The molecule has 2 aliphatic heterocycles. The molecule has 0 spiro atoms. The molecular weight excluding hydrogens is 737 g/mol. The molecule has 2 N–H and O–H groups in total. The highest BCUT2D eigenvalue weighted by Gasteiger charge is 2.23. The fourth-order valence-electron chi connectivity index (χ4n) is 8.64. The minimum atomic E-state index is 0.877. The molecule has 60 heavy (non-hydrogen) atoms. The lowest BCUT2D eigenvalue weighted by Crippen LogP contribution is -2.10. The van der Waals surface area contributed by atoms with Crippen molar-refractivity contribution in [1.29, 1.82) is 0 Å². The molecule has 0 unspecified atom stereocenters. The second-order valence-corrected chi connectivity index (χ2v) is 16.1. The summed E-state index contributed by atoms with van der Waals surface area (Å²) in [7, 11) is 16.8. The number of para-hydroxylation sites is 4. The monoisotopic (exact) mass is 786 g/mol. The van der Waals surface area contributed by atoms with Crippen LogP contribution in [-0.4, -0.2) is 76.3 Å². The van der Waals surface area contributed by atoms with Crippen LogP contribution in [0.5, 0.6) is 0 Å². The van der Waals surface area contributed by atoms with E-state index < -0.39 is 0 Å². The summed E-state index contributed by atoms with van der Waals surface area (Å²) < 4.78 is 0. The first-order valence-electron chi connectivity index (χ1n) is 20.3. The van der Waals surface area contributed by atoms with Crippen molar-refractivity contribution >= 4 is 69.1 Å². The van der Waals surface area contributed by atoms with Gasteiger partial charge in [0.25, 0.3) is 0 Å². The van der Waals surface area contributed by atoms with Crippen molar-refractivity contribution in [2.75, 3.05) is 76.0 Å². The first-order valence-corrected chi connectivity index (χ1v) is 20.3. The van der Waals surface area contributed by atoms with Crippen molar-refractivity contribution in [2.45, 2.75) is 0 Å². The zero-order valence-electron chi connectivity index (χ0n) is 35.5. The molecule has 8 bridgehead atoms. The highest BCUT2D eigenvalue weighted by molar-refractivity contribution is 6.03. The van der Waals surface area contributed by atoms with Gasteiger partial charge in [-0.05, 0) is 72.8 Å². The molecule has 4 aromatic carbocycles. The number of H-pyrrole nitrogens is 2. The van der Waals surface area contributed by atoms with Crippen LogP contribution in [0.1, 0.15) is 22.8 Å². The van der Waals surface area contributed by atoms with Crippen molar-refractivity contribution in [3.63, 3.8) is 0 Å². The Balaban J connectivity index is 1.52. The van der Waals surface area contributed by atoms with E-state index in [1.54, 1.807) is 0 Å². The summed E-state index contributed by atoms with van der Waals surface area (Å²) in [5.74, 6) is 0. The predicted molar refractivity (Wildman–Crippen MR) is 258 cm³/mol. The molecule has 8 heteroatoms. The maximum atomic E-state index is 5.57. The fraction of sp³-hybridized carbons (Fsp3) is 0.154. The number of aromatic nitrogens is 4. The molecule has 0 saturated heterocycles. The summed E-state index contributed by atoms with van der Waals surface area (Å²) in [6.07, 6.45) is 8.66. The van der Waals surface area contributed by atoms with Crippen molar-refractivity contribution in [3.8, 4) is 44.5 Å². The quantitative estimate of drug-likeness (QED) is 0.160. The van der Waals surface area contributed by atoms with Gasteiger partial charge in [0, 0.05) is 146 Å². The van der Waals surface area contributed by atoms with Crippen LogP contribution in [0.2, 0.25) is 0 Å². The Bertz CT molecular complexity index is 2620. The van der Waals surface area contributed by atoms with Gasteiger partial charge in [0.15, 0.2) is 0 Å². The van der Waals surface area contributed by atoms with Crippen LogP contribution >= 0.6 is 0 Å². The molecular formula is C52H50N8. The van der Waals surface area contributed by atoms with Gasteiger partial charge in [-0.3, -0.25) is 0 Å². The topological polar surface area (TPSA) is 70.3 Å². The van der Waals surface area contributed by atoms with E-state index in [0.717, 1.165) is 112 Å². The van der Waals surface area contributed by atoms with Gasteiger partial charge in [-0.15, -0.1) is 0 Å². The molecule has 0 aliphatic carbocycles. The number of nitrogens with one attached hydrogen (secondary N) is 2. The van der Waals surface area contributed by atoms with Crippen molar-refractivity contribution in [3.05, 3.63) is 144 Å². The number of hydrogen-bond acceptors (Lipinski definition) is 6. The standard InChI is InChI=1S/C52H50N8/c1-57(2)45-21-13-9-17-33(45)49-37-25-27-39(53-37)50(34-18-10-14-22-46(34)58(3)4)41-29-31-43(55-41)52(36-20-12-16-24-48(36)60(7)8)44-32-30-42(56-44)51(40-28-26-38(49)54-40)35-19-11-15-23-47(35)59(5)6/h9-32,53,56H,1-8H3. The van der Waals surface area contributed by atoms with Crippen LogP contribution in [0.15, 0.2) is 121 Å². The lowest BCUT2D eigenvalue weighted by atomic mass is 10.0. The molecule has 3 aromatic heterocycles. The Morgan fingerprint density at radius 1 is 0.300 bits per heavy atom. The molecule has 2 aliphatic rings. The molecule has 0 atom stereocenters. The third kappa shape index (κ3) is 6.70. The Morgan fingerprint density at radius 3 is 0.733 bits per heavy atom. The van der Waals surface area contributed by atoms with Crippen LogP contribution in [0.3, 0.4) is 0 Å². The lowest BCUT2D eigenvalue weighted by molar-refractivity contribution is 1.13. The van der Waals surface area contributed by atoms with Gasteiger partial charge in [0.05, 0.1) is 22.8 Å². The van der Waals surface area contributed by atoms with Gasteiger partial charge in [0.2, 0.25) is 0 Å². The van der Waals surface area contributed by atoms with Gasteiger partial charge in [0.1, 0.15) is 0 Å². The summed E-state index contributed by atoms with van der Waals surface area (Å²) in [4.78, 5) is 27.7. The number of anilines is 4. The average Bonchev–Trinajstić information content (AvgIpc) is 4.09. The lowest BCUT2D eigenvalue weighted by Gasteiger charge is -2.19. The van der Waals surface area contributed by atoms with E-state index in [1.807, 2.05) is 0 Å². The van der Waals surface area contributed by atoms with Gasteiger partial charge in [-0.2, -0.15) is 0 Å². The summed E-state index contributed by atoms with van der Waals surface area (Å²) >= 11 is 0. The smallest absolute Gasteiger partial charge is 0.0738 e. The molecule has 5 heterocycles. The van der Waals surface area contributed by atoms with E-state index in [0.29, 0.717) is 0 Å². The van der Waals surface area contributed by atoms with E-state index in [4.69, 9.17) is 9.97 Å². The maximum absolute atomic E-state index is 5.57. The van der Waals surface area contributed by atoms with E-state index >= 15 is 0 Å². The Labute approximate surface area is 352 Å². The van der Waals surface area contributed by atoms with E-state index in [2.05, 4.69) is 232 Å². The summed E-state index contributed by atoms with van der Waals surface area (Å²) in [5, 5.41) is 0. The second kappa shape index (κ2) is 15.5. The minimum absolute atomic E-state index is 0.877. The Kier molecular flexibility index (Phi) is 9.84. The Morgan fingerprint density at radius 2 is 0.517 bits per heavy atom. The van der Waals surface area contributed by atoms with Gasteiger partial charge < -0.3 is 29.6 Å². The third-order valence-corrected chi connectivity index (χ3v) is 11.4. The summed E-state index contributed by atoms with van der Waals surface area (Å²) in [6.45, 7) is 0. The number of rotatable bonds is 8. The third-order valence-electron chi connectivity index (χ3n) is 11.4. The molecule has 0 fully saturated rings. The molecule has 7 aromatic rings. The number of hydrogen-bond donors (Lipinski definition) is 2. The molecule has 0 radical (unpaired) electrons. The second-order valence-electron chi connectivity index (χ2n) is 16.1. The van der Waals surface area contributed by atoms with Crippen LogP contribution in [-0.2, 0) is 0 Å². The largest absolute Gasteiger partial charge is 0.377 e. The first kappa shape index (κ1) is 38.2. The molecule has 8 nitrogen and oxygen atoms in total. The van der Waals surface area contributed by atoms with E-state index in [1.165, 1.54) is 0 Å². The molecule has 0 amide bonds. The molecule has 298 valence electrons. The van der Waals surface area contributed by atoms with Crippen LogP contribution in [0.25, 0.3) is 90.9 Å². The molecule has 9 rings (SSSR count). The number of aromatic amines is 2. The van der Waals surface area contributed by atoms with E-state index in [-0.39, 0.29) is 0 Å². The summed E-state index contributed by atoms with van der Waals surface area (Å²) in [6, 6.07) is 43.0. The first-order chi connectivity index (χ1) is 29.1.